The average Bonchev–Trinajstić information content (AvgIpc) is 3.29. The van der Waals surface area contributed by atoms with Gasteiger partial charge in [0.15, 0.2) is 0 Å². The molecule has 0 N–H and O–H groups in total. The standard InChI is InChI=1S/C61H55N/c1-59(2,3)44-31-33-49(41-19-10-9-11-20-41)56(38-44)62(55-30-15-14-26-52(55)51-28-16-22-40-21-12-13-25-48(40)51)57-39-45-32-34-53(57)54-29-18-24-42-23-17-27-50(58(42)54)43-35-46(60(4,5)6)37-47(36-43)61(45,7)8/h9-39H,1-8H3. The lowest BCUT2D eigenvalue weighted by Gasteiger charge is -2.35. The van der Waals surface area contributed by atoms with Crippen LogP contribution in [0.3, 0.4) is 0 Å². The number of hydrogen-bond acceptors (Lipinski definition) is 1. The van der Waals surface area contributed by atoms with Gasteiger partial charge >= 0.3 is 0 Å². The van der Waals surface area contributed by atoms with Gasteiger partial charge in [-0.15, -0.1) is 0 Å². The van der Waals surface area contributed by atoms with Crippen LogP contribution in [-0.4, -0.2) is 0 Å². The normalized spacial score (nSPS) is 13.3. The van der Waals surface area contributed by atoms with Gasteiger partial charge in [0.1, 0.15) is 0 Å². The van der Waals surface area contributed by atoms with Crippen LogP contribution in [0.1, 0.15) is 77.6 Å². The molecule has 0 aromatic heterocycles. The van der Waals surface area contributed by atoms with Crippen molar-refractivity contribution in [1.82, 2.24) is 0 Å². The predicted molar refractivity (Wildman–Crippen MR) is 267 cm³/mol. The first-order chi connectivity index (χ1) is 29.8. The number of anilines is 3. The van der Waals surface area contributed by atoms with Gasteiger partial charge in [0.25, 0.3) is 0 Å². The molecule has 2 aliphatic carbocycles. The Morgan fingerprint density at radius 3 is 1.69 bits per heavy atom. The van der Waals surface area contributed by atoms with Crippen molar-refractivity contribution < 1.29 is 0 Å². The molecule has 1 heteroatoms. The van der Waals surface area contributed by atoms with Crippen LogP contribution in [0.5, 0.6) is 0 Å². The van der Waals surface area contributed by atoms with Crippen molar-refractivity contribution in [2.75, 3.05) is 4.90 Å². The Balaban J connectivity index is 1.39. The summed E-state index contributed by atoms with van der Waals surface area (Å²) in [5.41, 5.74) is 17.9. The Kier molecular flexibility index (Phi) is 9.38. The van der Waals surface area contributed by atoms with Crippen molar-refractivity contribution in [3.05, 3.63) is 210 Å². The fraction of sp³-hybridized carbons (Fsp3) is 0.180. The molecule has 0 fully saturated rings. The minimum atomic E-state index is -0.329. The molecule has 0 saturated heterocycles. The van der Waals surface area contributed by atoms with Gasteiger partial charge in [0, 0.05) is 22.1 Å². The minimum absolute atomic E-state index is 0.0308. The molecular formula is C61H55N. The first-order valence-corrected chi connectivity index (χ1v) is 22.2. The van der Waals surface area contributed by atoms with E-state index in [0.717, 1.165) is 17.1 Å². The predicted octanol–water partition coefficient (Wildman–Crippen LogP) is 17.4. The zero-order valence-electron chi connectivity index (χ0n) is 37.3. The molecule has 0 saturated carbocycles. The van der Waals surface area contributed by atoms with Gasteiger partial charge in [-0.05, 0) is 101 Å². The molecule has 0 atom stereocenters. The highest BCUT2D eigenvalue weighted by molar-refractivity contribution is 6.10. The van der Waals surface area contributed by atoms with Crippen LogP contribution >= 0.6 is 0 Å². The van der Waals surface area contributed by atoms with Gasteiger partial charge in [-0.25, -0.2) is 0 Å². The van der Waals surface area contributed by atoms with Crippen LogP contribution in [0.25, 0.3) is 66.1 Å². The minimum Gasteiger partial charge on any atom is -0.309 e. The van der Waals surface area contributed by atoms with Gasteiger partial charge in [0.05, 0.1) is 17.1 Å². The third-order valence-electron chi connectivity index (χ3n) is 13.4. The quantitative estimate of drug-likeness (QED) is 0.168. The van der Waals surface area contributed by atoms with Crippen molar-refractivity contribution in [3.63, 3.8) is 0 Å². The van der Waals surface area contributed by atoms with Crippen LogP contribution in [0.15, 0.2) is 188 Å². The molecular weight excluding hydrogens is 747 g/mol. The highest BCUT2D eigenvalue weighted by Gasteiger charge is 2.32. The Bertz CT molecular complexity index is 3160. The summed E-state index contributed by atoms with van der Waals surface area (Å²) in [5, 5.41) is 4.98. The summed E-state index contributed by atoms with van der Waals surface area (Å²) in [7, 11) is 0. The lowest BCUT2D eigenvalue weighted by molar-refractivity contribution is 0.582. The maximum atomic E-state index is 2.61. The Morgan fingerprint density at radius 1 is 0.355 bits per heavy atom. The molecule has 62 heavy (non-hydrogen) atoms. The van der Waals surface area contributed by atoms with E-state index in [9.17, 15) is 0 Å². The highest BCUT2D eigenvalue weighted by atomic mass is 15.2. The number of benzene rings is 9. The third-order valence-corrected chi connectivity index (χ3v) is 13.4. The van der Waals surface area contributed by atoms with E-state index >= 15 is 0 Å². The molecule has 0 radical (unpaired) electrons. The summed E-state index contributed by atoms with van der Waals surface area (Å²) < 4.78 is 0. The van der Waals surface area contributed by atoms with E-state index in [1.807, 2.05) is 0 Å². The monoisotopic (exact) mass is 801 g/mol. The van der Waals surface area contributed by atoms with Crippen molar-refractivity contribution in [2.24, 2.45) is 0 Å². The van der Waals surface area contributed by atoms with Crippen molar-refractivity contribution >= 4 is 38.6 Å². The molecule has 0 spiro atoms. The number of hydrogen-bond donors (Lipinski definition) is 0. The molecule has 0 aliphatic heterocycles. The molecule has 1 nitrogen and oxygen atoms in total. The Hall–Kier alpha value is -6.70. The van der Waals surface area contributed by atoms with Crippen LogP contribution in [0, 0.1) is 0 Å². The first-order valence-electron chi connectivity index (χ1n) is 22.2. The van der Waals surface area contributed by atoms with Gasteiger partial charge in [0.2, 0.25) is 0 Å². The second-order valence-corrected chi connectivity index (χ2v) is 19.8. The van der Waals surface area contributed by atoms with E-state index in [0.29, 0.717) is 0 Å². The molecule has 0 amide bonds. The Labute approximate surface area is 368 Å². The van der Waals surface area contributed by atoms with Crippen LogP contribution in [0.4, 0.5) is 17.1 Å². The molecule has 0 unspecified atom stereocenters. The second-order valence-electron chi connectivity index (χ2n) is 19.8. The van der Waals surface area contributed by atoms with Crippen molar-refractivity contribution in [2.45, 2.75) is 71.6 Å². The summed E-state index contributed by atoms with van der Waals surface area (Å²) in [4.78, 5) is 2.61. The SMILES string of the molecule is CC(C)(C)c1cc2cc(c1)C(C)(C)c1ccc(c(N(c3cc(C(C)(C)C)ccc3-c3ccccc3)c3ccccc3-c3cccc4ccccc34)c1)-c1cccc3cccc-2c13. The molecule has 304 valence electrons. The fourth-order valence-corrected chi connectivity index (χ4v) is 9.67. The number of para-hydroxylation sites is 1. The molecule has 4 bridgehead atoms. The van der Waals surface area contributed by atoms with E-state index < -0.39 is 0 Å². The largest absolute Gasteiger partial charge is 0.309 e. The van der Waals surface area contributed by atoms with E-state index in [2.05, 4.69) is 248 Å². The summed E-state index contributed by atoms with van der Waals surface area (Å²) >= 11 is 0. The third kappa shape index (κ3) is 6.72. The molecule has 11 rings (SSSR count). The van der Waals surface area contributed by atoms with Gasteiger partial charge in [-0.1, -0.05) is 225 Å². The van der Waals surface area contributed by atoms with Crippen LogP contribution in [-0.2, 0) is 16.2 Å². The lowest BCUT2D eigenvalue weighted by atomic mass is 9.74. The molecule has 9 aromatic rings. The van der Waals surface area contributed by atoms with Gasteiger partial charge in [-0.3, -0.25) is 0 Å². The Morgan fingerprint density at radius 2 is 0.935 bits per heavy atom. The summed E-state index contributed by atoms with van der Waals surface area (Å²) in [6, 6.07) is 71.1. The average molecular weight is 802 g/mol. The highest BCUT2D eigenvalue weighted by Crippen LogP contribution is 2.53. The smallest absolute Gasteiger partial charge is 0.0543 e. The second kappa shape index (κ2) is 14.7. The topological polar surface area (TPSA) is 3.24 Å². The van der Waals surface area contributed by atoms with Crippen LogP contribution < -0.4 is 4.90 Å². The maximum absolute atomic E-state index is 2.61. The van der Waals surface area contributed by atoms with E-state index in [4.69, 9.17) is 0 Å². The number of rotatable bonds is 5. The van der Waals surface area contributed by atoms with E-state index in [1.165, 1.54) is 88.3 Å². The summed E-state index contributed by atoms with van der Waals surface area (Å²) in [6.07, 6.45) is 0. The van der Waals surface area contributed by atoms with Crippen molar-refractivity contribution in [1.29, 1.82) is 0 Å². The maximum Gasteiger partial charge on any atom is 0.0543 e. The zero-order chi connectivity index (χ0) is 43.0. The number of nitrogens with zero attached hydrogens (tertiary/aromatic N) is 1. The van der Waals surface area contributed by atoms with Crippen molar-refractivity contribution in [3.8, 4) is 44.5 Å². The fourth-order valence-electron chi connectivity index (χ4n) is 9.67. The molecule has 0 heterocycles. The zero-order valence-corrected chi connectivity index (χ0v) is 37.3. The summed E-state index contributed by atoms with van der Waals surface area (Å²) in [6.45, 7) is 18.8. The van der Waals surface area contributed by atoms with Crippen LogP contribution in [0.2, 0.25) is 0 Å². The van der Waals surface area contributed by atoms with E-state index in [1.54, 1.807) is 0 Å². The molecule has 2 aliphatic rings. The summed E-state index contributed by atoms with van der Waals surface area (Å²) in [5.74, 6) is 0. The lowest BCUT2D eigenvalue weighted by Crippen LogP contribution is -2.22. The number of fused-ring (bicyclic) bond motifs is 3. The first kappa shape index (κ1) is 39.4. The van der Waals surface area contributed by atoms with E-state index in [-0.39, 0.29) is 16.2 Å². The van der Waals surface area contributed by atoms with Gasteiger partial charge in [-0.2, -0.15) is 0 Å². The van der Waals surface area contributed by atoms with Gasteiger partial charge < -0.3 is 4.90 Å². The molecule has 9 aromatic carbocycles.